The first-order valence-corrected chi connectivity index (χ1v) is 8.69. The predicted octanol–water partition coefficient (Wildman–Crippen LogP) is 4.59. The van der Waals surface area contributed by atoms with E-state index in [1.54, 1.807) is 19.2 Å². The zero-order valence-electron chi connectivity index (χ0n) is 14.8. The normalized spacial score (nSPS) is 11.0. The van der Waals surface area contributed by atoms with Crippen LogP contribution in [0.5, 0.6) is 5.88 Å². The van der Waals surface area contributed by atoms with E-state index in [4.69, 9.17) is 16.3 Å². The number of pyridine rings is 1. The van der Waals surface area contributed by atoms with Crippen LogP contribution in [0.25, 0.3) is 33.3 Å². The zero-order valence-corrected chi connectivity index (χ0v) is 15.5. The molecule has 4 aromatic rings. The van der Waals surface area contributed by atoms with Crippen LogP contribution in [0.3, 0.4) is 0 Å². The highest BCUT2D eigenvalue weighted by molar-refractivity contribution is 6.31. The minimum Gasteiger partial charge on any atom is -0.480 e. The topological polar surface area (TPSA) is 38.9 Å². The van der Waals surface area contributed by atoms with E-state index in [0.29, 0.717) is 5.88 Å². The van der Waals surface area contributed by atoms with Crippen molar-refractivity contribution in [1.29, 1.82) is 0 Å². The van der Waals surface area contributed by atoms with Crippen LogP contribution in [0, 0.1) is 5.82 Å². The number of methoxy groups -OCH3 is 1. The molecule has 0 aliphatic carbocycles. The molecule has 2 aromatic carbocycles. The van der Waals surface area contributed by atoms with Crippen LogP contribution in [0.2, 0.25) is 5.02 Å². The first-order chi connectivity index (χ1) is 13.1. The van der Waals surface area contributed by atoms with Gasteiger partial charge in [0.1, 0.15) is 19.2 Å². The van der Waals surface area contributed by atoms with Gasteiger partial charge in [0.25, 0.3) is 0 Å². The van der Waals surface area contributed by atoms with Gasteiger partial charge in [-0.15, -0.1) is 0 Å². The lowest BCUT2D eigenvalue weighted by atomic mass is 9.98. The van der Waals surface area contributed by atoms with Crippen LogP contribution in [0.4, 0.5) is 4.39 Å². The number of nitrogens with zero attached hydrogens (tertiary/aromatic N) is 3. The Morgan fingerprint density at radius 1 is 1.04 bits per heavy atom. The van der Waals surface area contributed by atoms with Crippen molar-refractivity contribution in [2.75, 3.05) is 7.11 Å². The van der Waals surface area contributed by atoms with Crippen molar-refractivity contribution in [3.05, 3.63) is 71.9 Å². The smallest absolute Gasteiger partial charge is 0.224 e. The average Bonchev–Trinajstić information content (AvgIpc) is 2.69. The minimum atomic E-state index is -0.437. The summed E-state index contributed by atoms with van der Waals surface area (Å²) in [6.45, 7) is 0. The standard InChI is InChI=1S/C21H16ClFN3O/c1-26-9-3-4-15(20(26)14-5-7-18(23)17(22)11-14)13-6-8-19-16(10-13)21(27-2)25-12-24-19/h3-12H,1-2H3/q+1. The lowest BCUT2D eigenvalue weighted by Crippen LogP contribution is -2.30. The number of hydrogen-bond donors (Lipinski definition) is 0. The van der Waals surface area contributed by atoms with Crippen LogP contribution in [0.15, 0.2) is 61.1 Å². The fraction of sp³-hybridized carbons (Fsp3) is 0.0952. The number of halogens is 2. The average molecular weight is 381 g/mol. The van der Waals surface area contributed by atoms with Crippen LogP contribution in [-0.2, 0) is 7.05 Å². The molecular formula is C21H16ClFN3O+. The third-order valence-electron chi connectivity index (χ3n) is 4.48. The summed E-state index contributed by atoms with van der Waals surface area (Å²) in [7, 11) is 3.53. The predicted molar refractivity (Wildman–Crippen MR) is 103 cm³/mol. The van der Waals surface area contributed by atoms with Crippen molar-refractivity contribution in [1.82, 2.24) is 9.97 Å². The summed E-state index contributed by atoms with van der Waals surface area (Å²) >= 11 is 6.01. The largest absolute Gasteiger partial charge is 0.480 e. The van der Waals surface area contributed by atoms with E-state index >= 15 is 0 Å². The SMILES string of the molecule is COc1ncnc2ccc(-c3ccc[n+](C)c3-c3ccc(F)c(Cl)c3)cc12. The monoisotopic (exact) mass is 380 g/mol. The molecule has 0 spiro atoms. The Bertz CT molecular complexity index is 1160. The number of benzene rings is 2. The van der Waals surface area contributed by atoms with Gasteiger partial charge in [0, 0.05) is 11.6 Å². The Balaban J connectivity index is 1.96. The molecule has 0 fully saturated rings. The summed E-state index contributed by atoms with van der Waals surface area (Å²) in [6.07, 6.45) is 3.43. The van der Waals surface area contributed by atoms with Gasteiger partial charge in [0.05, 0.1) is 28.6 Å². The van der Waals surface area contributed by atoms with E-state index in [1.807, 2.05) is 48.1 Å². The Morgan fingerprint density at radius 2 is 1.85 bits per heavy atom. The van der Waals surface area contributed by atoms with E-state index < -0.39 is 5.82 Å². The second-order valence-electron chi connectivity index (χ2n) is 6.13. The van der Waals surface area contributed by atoms with Gasteiger partial charge in [-0.1, -0.05) is 17.7 Å². The minimum absolute atomic E-state index is 0.0934. The highest BCUT2D eigenvalue weighted by atomic mass is 35.5. The molecule has 0 saturated heterocycles. The van der Waals surface area contributed by atoms with Crippen LogP contribution in [-0.4, -0.2) is 17.1 Å². The highest BCUT2D eigenvalue weighted by Crippen LogP contribution is 2.33. The van der Waals surface area contributed by atoms with E-state index in [-0.39, 0.29) is 5.02 Å². The first-order valence-electron chi connectivity index (χ1n) is 8.31. The fourth-order valence-electron chi connectivity index (χ4n) is 3.21. The summed E-state index contributed by atoms with van der Waals surface area (Å²) in [5, 5.41) is 0.919. The Hall–Kier alpha value is -3.05. The molecule has 0 saturated carbocycles. The molecule has 0 atom stereocenters. The van der Waals surface area contributed by atoms with Gasteiger partial charge in [-0.2, -0.15) is 0 Å². The molecule has 4 nitrogen and oxygen atoms in total. The second kappa shape index (κ2) is 6.93. The highest BCUT2D eigenvalue weighted by Gasteiger charge is 2.19. The maximum atomic E-state index is 13.6. The van der Waals surface area contributed by atoms with Gasteiger partial charge in [0.2, 0.25) is 11.6 Å². The summed E-state index contributed by atoms with van der Waals surface area (Å²) in [6, 6.07) is 14.7. The van der Waals surface area contributed by atoms with Crippen LogP contribution in [0.1, 0.15) is 0 Å². The number of rotatable bonds is 3. The van der Waals surface area contributed by atoms with Crippen molar-refractivity contribution in [3.63, 3.8) is 0 Å². The van der Waals surface area contributed by atoms with Crippen molar-refractivity contribution < 1.29 is 13.7 Å². The number of aryl methyl sites for hydroxylation is 1. The summed E-state index contributed by atoms with van der Waals surface area (Å²) in [4.78, 5) is 8.47. The molecule has 2 aromatic heterocycles. The summed E-state index contributed by atoms with van der Waals surface area (Å²) in [5.74, 6) is 0.0849. The molecule has 0 bridgehead atoms. The number of ether oxygens (including phenoxy) is 1. The zero-order chi connectivity index (χ0) is 19.0. The van der Waals surface area contributed by atoms with Crippen LogP contribution < -0.4 is 9.30 Å². The molecule has 0 unspecified atom stereocenters. The number of hydrogen-bond acceptors (Lipinski definition) is 3. The third kappa shape index (κ3) is 3.11. The maximum Gasteiger partial charge on any atom is 0.224 e. The van der Waals surface area contributed by atoms with Gasteiger partial charge >= 0.3 is 0 Å². The third-order valence-corrected chi connectivity index (χ3v) is 4.77. The molecule has 4 rings (SSSR count). The van der Waals surface area contributed by atoms with E-state index in [9.17, 15) is 4.39 Å². The molecule has 134 valence electrons. The molecule has 2 heterocycles. The van der Waals surface area contributed by atoms with E-state index in [1.165, 1.54) is 12.4 Å². The molecule has 0 N–H and O–H groups in total. The molecule has 0 aliphatic rings. The number of aromatic nitrogens is 3. The maximum absolute atomic E-state index is 13.6. The molecule has 0 aliphatic heterocycles. The summed E-state index contributed by atoms with van der Waals surface area (Å²) < 4.78 is 21.0. The molecule has 0 amide bonds. The molecule has 0 radical (unpaired) electrons. The van der Waals surface area contributed by atoms with Gasteiger partial charge < -0.3 is 4.74 Å². The Labute approximate surface area is 160 Å². The Morgan fingerprint density at radius 3 is 2.63 bits per heavy atom. The van der Waals surface area contributed by atoms with Crippen molar-refractivity contribution >= 4 is 22.5 Å². The lowest BCUT2D eigenvalue weighted by molar-refractivity contribution is -0.660. The van der Waals surface area contributed by atoms with Crippen molar-refractivity contribution in [3.8, 4) is 28.3 Å². The fourth-order valence-corrected chi connectivity index (χ4v) is 3.39. The van der Waals surface area contributed by atoms with E-state index in [2.05, 4.69) is 9.97 Å². The van der Waals surface area contributed by atoms with Gasteiger partial charge in [-0.25, -0.2) is 18.9 Å². The second-order valence-corrected chi connectivity index (χ2v) is 6.53. The van der Waals surface area contributed by atoms with Gasteiger partial charge in [-0.05, 0) is 42.0 Å². The quantitative estimate of drug-likeness (QED) is 0.488. The van der Waals surface area contributed by atoms with Crippen molar-refractivity contribution in [2.24, 2.45) is 7.05 Å². The Kier molecular flexibility index (Phi) is 4.46. The molecular weight excluding hydrogens is 365 g/mol. The first kappa shape index (κ1) is 17.4. The molecule has 27 heavy (non-hydrogen) atoms. The van der Waals surface area contributed by atoms with Gasteiger partial charge in [0.15, 0.2) is 6.20 Å². The lowest BCUT2D eigenvalue weighted by Gasteiger charge is -2.10. The number of fused-ring (bicyclic) bond motifs is 1. The van der Waals surface area contributed by atoms with Crippen molar-refractivity contribution in [2.45, 2.75) is 0 Å². The van der Waals surface area contributed by atoms with Crippen LogP contribution >= 0.6 is 11.6 Å². The van der Waals surface area contributed by atoms with Gasteiger partial charge in [-0.3, -0.25) is 0 Å². The molecule has 6 heteroatoms. The summed E-state index contributed by atoms with van der Waals surface area (Å²) in [5.41, 5.74) is 4.51. The van der Waals surface area contributed by atoms with E-state index in [0.717, 1.165) is 33.3 Å².